The van der Waals surface area contributed by atoms with Gasteiger partial charge in [-0.1, -0.05) is 0 Å². The molecular formula is C19H23F2N5O4S. The van der Waals surface area contributed by atoms with Gasteiger partial charge in [-0.3, -0.25) is 18.8 Å². The zero-order chi connectivity index (χ0) is 22.5. The first-order chi connectivity index (χ1) is 14.6. The van der Waals surface area contributed by atoms with Crippen LogP contribution in [0.2, 0.25) is 0 Å². The Balaban J connectivity index is 1.59. The fourth-order valence-electron chi connectivity index (χ4n) is 4.12. The number of hydrogen-bond acceptors (Lipinski definition) is 6. The van der Waals surface area contributed by atoms with E-state index < -0.39 is 28.6 Å². The van der Waals surface area contributed by atoms with Crippen molar-refractivity contribution >= 4 is 21.6 Å². The number of halogens is 2. The molecule has 2 unspecified atom stereocenters. The summed E-state index contributed by atoms with van der Waals surface area (Å²) < 4.78 is 53.8. The number of fused-ring (bicyclic) bond motifs is 1. The van der Waals surface area contributed by atoms with Gasteiger partial charge in [-0.25, -0.2) is 17.2 Å². The third kappa shape index (κ3) is 3.89. The van der Waals surface area contributed by atoms with Crippen LogP contribution in [0.4, 0.5) is 14.5 Å². The number of aromatic nitrogens is 3. The molecule has 1 saturated heterocycles. The van der Waals surface area contributed by atoms with Gasteiger partial charge in [0.05, 0.1) is 55.0 Å². The van der Waals surface area contributed by atoms with Crippen molar-refractivity contribution in [2.45, 2.75) is 58.0 Å². The lowest BCUT2D eigenvalue weighted by atomic mass is 10.1. The number of carbonyl (C=O) groups excluding carboxylic acids is 1. The number of sulfonamides is 1. The Hall–Kier alpha value is -2.60. The molecule has 4 rings (SSSR count). The molecule has 2 aromatic heterocycles. The van der Waals surface area contributed by atoms with Crippen LogP contribution in [0, 0.1) is 0 Å². The third-order valence-electron chi connectivity index (χ3n) is 5.81. The second kappa shape index (κ2) is 7.83. The van der Waals surface area contributed by atoms with Crippen LogP contribution < -0.4 is 4.31 Å². The Morgan fingerprint density at radius 3 is 2.74 bits per heavy atom. The average Bonchev–Trinajstić information content (AvgIpc) is 3.17. The van der Waals surface area contributed by atoms with E-state index in [0.29, 0.717) is 23.5 Å². The Morgan fingerprint density at radius 2 is 2.10 bits per heavy atom. The number of amides is 1. The highest BCUT2D eigenvalue weighted by Gasteiger charge is 2.44. The van der Waals surface area contributed by atoms with Crippen LogP contribution in [0.15, 0.2) is 24.5 Å². The molecule has 1 fully saturated rings. The maximum absolute atomic E-state index is 13.0. The molecule has 0 saturated carbocycles. The van der Waals surface area contributed by atoms with Gasteiger partial charge in [-0.05, 0) is 31.5 Å². The van der Waals surface area contributed by atoms with E-state index in [1.54, 1.807) is 16.5 Å². The lowest BCUT2D eigenvalue weighted by molar-refractivity contribution is -0.134. The Kier molecular flexibility index (Phi) is 5.46. The van der Waals surface area contributed by atoms with Crippen LogP contribution in [-0.4, -0.2) is 63.0 Å². The van der Waals surface area contributed by atoms with Gasteiger partial charge < -0.3 is 10.0 Å². The number of alkyl halides is 2. The van der Waals surface area contributed by atoms with E-state index in [-0.39, 0.29) is 36.4 Å². The summed E-state index contributed by atoms with van der Waals surface area (Å²) >= 11 is 0. The van der Waals surface area contributed by atoms with Crippen molar-refractivity contribution in [3.63, 3.8) is 0 Å². The minimum atomic E-state index is -3.71. The van der Waals surface area contributed by atoms with Crippen LogP contribution in [0.5, 0.6) is 0 Å². The molecule has 2 aromatic rings. The number of pyridine rings is 1. The van der Waals surface area contributed by atoms with Gasteiger partial charge in [0.1, 0.15) is 5.69 Å². The van der Waals surface area contributed by atoms with Crippen molar-refractivity contribution in [3.8, 4) is 0 Å². The minimum Gasteiger partial charge on any atom is -0.390 e. The van der Waals surface area contributed by atoms with Crippen LogP contribution >= 0.6 is 0 Å². The van der Waals surface area contributed by atoms with Crippen molar-refractivity contribution in [3.05, 3.63) is 41.5 Å². The van der Waals surface area contributed by atoms with Crippen LogP contribution in [0.3, 0.4) is 0 Å². The number of anilines is 1. The predicted octanol–water partition coefficient (Wildman–Crippen LogP) is 1.09. The van der Waals surface area contributed by atoms with Gasteiger partial charge in [0.2, 0.25) is 15.9 Å². The van der Waals surface area contributed by atoms with E-state index in [1.807, 2.05) is 6.92 Å². The lowest BCUT2D eigenvalue weighted by Crippen LogP contribution is -2.46. The predicted molar refractivity (Wildman–Crippen MR) is 107 cm³/mol. The number of aliphatic hydroxyl groups is 1. The molecule has 12 heteroatoms. The zero-order valence-electron chi connectivity index (χ0n) is 17.0. The molecule has 31 heavy (non-hydrogen) atoms. The normalized spacial score (nSPS) is 25.2. The largest absolute Gasteiger partial charge is 0.390 e. The molecule has 0 bridgehead atoms. The summed E-state index contributed by atoms with van der Waals surface area (Å²) in [6.45, 7) is 3.96. The molecule has 3 atom stereocenters. The molecule has 1 amide bonds. The number of carbonyl (C=O) groups is 1. The first-order valence-corrected chi connectivity index (χ1v) is 11.5. The standard InChI is InChI=1S/C19H23F2N5O4S/c1-11-8-25-16(15(7-23-25)26-12(2)17(27)10-31(26,29)30)9-24(11)18(28)6-13-3-4-22-14(5-13)19(20)21/h3-5,7,11-12,17,19,27H,6,8-10H2,1-2H3/t11-,12?,17?/m0/s1. The molecule has 0 spiro atoms. The molecule has 9 nitrogen and oxygen atoms in total. The van der Waals surface area contributed by atoms with Gasteiger partial charge in [0.15, 0.2) is 0 Å². The van der Waals surface area contributed by atoms with Crippen LogP contribution in [0.1, 0.15) is 37.2 Å². The maximum atomic E-state index is 13.0. The highest BCUT2D eigenvalue weighted by Crippen LogP contribution is 2.34. The fraction of sp³-hybridized carbons (Fsp3) is 0.526. The second-order valence-electron chi connectivity index (χ2n) is 7.98. The smallest absolute Gasteiger partial charge is 0.280 e. The first-order valence-electron chi connectivity index (χ1n) is 9.85. The van der Waals surface area contributed by atoms with Crippen LogP contribution in [0.25, 0.3) is 0 Å². The number of nitrogens with zero attached hydrogens (tertiary/aromatic N) is 5. The highest BCUT2D eigenvalue weighted by atomic mass is 32.2. The first kappa shape index (κ1) is 21.6. The van der Waals surface area contributed by atoms with Gasteiger partial charge >= 0.3 is 0 Å². The summed E-state index contributed by atoms with van der Waals surface area (Å²) in [5.74, 6) is -0.638. The summed E-state index contributed by atoms with van der Waals surface area (Å²) in [5.41, 5.74) is 0.946. The summed E-state index contributed by atoms with van der Waals surface area (Å²) in [4.78, 5) is 18.2. The van der Waals surface area contributed by atoms with E-state index in [1.165, 1.54) is 28.8 Å². The SMILES string of the molecule is CC1C(O)CS(=O)(=O)N1c1cnn2c1CN(C(=O)Cc1ccnc(C(F)F)c1)[C@@H](C)C2. The van der Waals surface area contributed by atoms with Gasteiger partial charge in [-0.2, -0.15) is 5.10 Å². The monoisotopic (exact) mass is 455 g/mol. The maximum Gasteiger partial charge on any atom is 0.280 e. The number of aliphatic hydroxyl groups excluding tert-OH is 1. The minimum absolute atomic E-state index is 0.0762. The molecule has 1 N–H and O–H groups in total. The van der Waals surface area contributed by atoms with Crippen molar-refractivity contribution in [2.24, 2.45) is 0 Å². The molecule has 2 aliphatic rings. The van der Waals surface area contributed by atoms with Gasteiger partial charge in [-0.15, -0.1) is 0 Å². The molecule has 0 radical (unpaired) electrons. The van der Waals surface area contributed by atoms with Gasteiger partial charge in [0, 0.05) is 12.2 Å². The second-order valence-corrected chi connectivity index (χ2v) is 9.87. The highest BCUT2D eigenvalue weighted by molar-refractivity contribution is 7.93. The quantitative estimate of drug-likeness (QED) is 0.739. The van der Waals surface area contributed by atoms with Crippen molar-refractivity contribution in [2.75, 3.05) is 10.1 Å². The van der Waals surface area contributed by atoms with E-state index in [9.17, 15) is 27.1 Å². The van der Waals surface area contributed by atoms with Crippen molar-refractivity contribution < 1.29 is 27.1 Å². The third-order valence-corrected chi connectivity index (χ3v) is 7.70. The Labute approximate surface area is 178 Å². The fourth-order valence-corrected chi connectivity index (χ4v) is 6.09. The van der Waals surface area contributed by atoms with Crippen molar-refractivity contribution in [1.82, 2.24) is 19.7 Å². The molecular weight excluding hydrogens is 432 g/mol. The number of hydrogen-bond donors (Lipinski definition) is 1. The molecule has 0 aliphatic carbocycles. The lowest BCUT2D eigenvalue weighted by Gasteiger charge is -2.35. The summed E-state index contributed by atoms with van der Waals surface area (Å²) in [6, 6.07) is 1.87. The molecule has 0 aromatic carbocycles. The zero-order valence-corrected chi connectivity index (χ0v) is 17.8. The summed E-state index contributed by atoms with van der Waals surface area (Å²) in [5, 5.41) is 14.3. The number of rotatable bonds is 4. The van der Waals surface area contributed by atoms with E-state index in [2.05, 4.69) is 10.1 Å². The van der Waals surface area contributed by atoms with Crippen molar-refractivity contribution in [1.29, 1.82) is 0 Å². The topological polar surface area (TPSA) is 109 Å². The molecule has 2 aliphatic heterocycles. The molecule has 4 heterocycles. The Bertz CT molecular complexity index is 1110. The summed E-state index contributed by atoms with van der Waals surface area (Å²) in [7, 11) is -3.71. The molecule has 168 valence electrons. The van der Waals surface area contributed by atoms with E-state index >= 15 is 0 Å². The summed E-state index contributed by atoms with van der Waals surface area (Å²) in [6.07, 6.45) is -1.12. The van der Waals surface area contributed by atoms with E-state index in [4.69, 9.17) is 0 Å². The average molecular weight is 455 g/mol. The van der Waals surface area contributed by atoms with Gasteiger partial charge in [0.25, 0.3) is 6.43 Å². The van der Waals surface area contributed by atoms with Crippen LogP contribution in [-0.2, 0) is 34.3 Å². The van der Waals surface area contributed by atoms with E-state index in [0.717, 1.165) is 0 Å². The Morgan fingerprint density at radius 1 is 1.35 bits per heavy atom.